The number of anilines is 1. The molecule has 0 spiro atoms. The van der Waals surface area contributed by atoms with Crippen LogP contribution in [-0.4, -0.2) is 38.1 Å². The van der Waals surface area contributed by atoms with Gasteiger partial charge in [-0.05, 0) is 19.3 Å². The lowest BCUT2D eigenvalue weighted by molar-refractivity contribution is 0.406. The van der Waals surface area contributed by atoms with Crippen LogP contribution >= 0.6 is 0 Å². The molecule has 0 aromatic carbocycles. The molecule has 1 atom stereocenters. The molecule has 94 valence electrons. The van der Waals surface area contributed by atoms with E-state index in [9.17, 15) is 0 Å². The fraction of sp³-hybridized carbons (Fsp3) is 0.500. The Morgan fingerprint density at radius 2 is 2.11 bits per heavy atom. The first-order valence-electron chi connectivity index (χ1n) is 6.30. The molecular weight excluding hydrogens is 228 g/mol. The molecule has 0 radical (unpaired) electrons. The molecule has 1 fully saturated rings. The Balaban J connectivity index is 1.69. The van der Waals surface area contributed by atoms with Crippen molar-refractivity contribution in [1.82, 2.24) is 25.0 Å². The number of hydrogen-bond acceptors (Lipinski definition) is 5. The Labute approximate surface area is 106 Å². The van der Waals surface area contributed by atoms with E-state index in [4.69, 9.17) is 0 Å². The van der Waals surface area contributed by atoms with Crippen LogP contribution in [0.2, 0.25) is 0 Å². The number of rotatable bonds is 2. The van der Waals surface area contributed by atoms with Crippen molar-refractivity contribution >= 4 is 5.82 Å². The highest BCUT2D eigenvalue weighted by atomic mass is 15.4. The summed E-state index contributed by atoms with van der Waals surface area (Å²) in [5.41, 5.74) is 0. The van der Waals surface area contributed by atoms with Gasteiger partial charge in [-0.1, -0.05) is 5.21 Å². The zero-order valence-electron chi connectivity index (χ0n) is 10.2. The van der Waals surface area contributed by atoms with Crippen LogP contribution in [0.5, 0.6) is 0 Å². The number of nitrogens with zero attached hydrogens (tertiary/aromatic N) is 6. The summed E-state index contributed by atoms with van der Waals surface area (Å²) >= 11 is 0. The Hall–Kier alpha value is -1.98. The first kappa shape index (κ1) is 11.1. The molecule has 0 N–H and O–H groups in total. The van der Waals surface area contributed by atoms with E-state index in [-0.39, 0.29) is 0 Å². The van der Waals surface area contributed by atoms with Crippen LogP contribution in [-0.2, 0) is 0 Å². The van der Waals surface area contributed by atoms with Gasteiger partial charge >= 0.3 is 0 Å². The highest BCUT2D eigenvalue weighted by Gasteiger charge is 2.19. The summed E-state index contributed by atoms with van der Waals surface area (Å²) < 4.78 is 1.97. The summed E-state index contributed by atoms with van der Waals surface area (Å²) in [5.74, 6) is 0.969. The van der Waals surface area contributed by atoms with Gasteiger partial charge in [0.2, 0.25) is 0 Å². The van der Waals surface area contributed by atoms with Crippen molar-refractivity contribution in [3.63, 3.8) is 0 Å². The second-order valence-electron chi connectivity index (χ2n) is 4.52. The zero-order valence-corrected chi connectivity index (χ0v) is 10.2. The van der Waals surface area contributed by atoms with Crippen LogP contribution in [0.1, 0.15) is 25.3 Å². The molecule has 2 aromatic rings. The summed E-state index contributed by atoms with van der Waals surface area (Å²) in [4.78, 5) is 10.8. The third-order valence-corrected chi connectivity index (χ3v) is 3.39. The summed E-state index contributed by atoms with van der Waals surface area (Å²) in [6.07, 6.45) is 12.3. The number of hydrogen-bond donors (Lipinski definition) is 0. The molecule has 18 heavy (non-hydrogen) atoms. The minimum Gasteiger partial charge on any atom is -0.355 e. The van der Waals surface area contributed by atoms with Crippen LogP contribution in [0.25, 0.3) is 0 Å². The van der Waals surface area contributed by atoms with Crippen molar-refractivity contribution in [2.75, 3.05) is 18.0 Å². The molecule has 1 aliphatic heterocycles. The van der Waals surface area contributed by atoms with E-state index in [2.05, 4.69) is 25.2 Å². The van der Waals surface area contributed by atoms with E-state index in [1.165, 1.54) is 0 Å². The SMILES string of the molecule is c1cnc(N2CCCC(n3ccnn3)CC2)cn1. The zero-order chi connectivity index (χ0) is 12.2. The third-order valence-electron chi connectivity index (χ3n) is 3.39. The summed E-state index contributed by atoms with van der Waals surface area (Å²) in [6, 6.07) is 0.453. The molecule has 0 amide bonds. The molecule has 6 heteroatoms. The largest absolute Gasteiger partial charge is 0.355 e. The molecule has 1 aliphatic rings. The molecule has 6 nitrogen and oxygen atoms in total. The maximum Gasteiger partial charge on any atom is 0.147 e. The van der Waals surface area contributed by atoms with Gasteiger partial charge in [-0.25, -0.2) is 9.67 Å². The quantitative estimate of drug-likeness (QED) is 0.797. The van der Waals surface area contributed by atoms with Gasteiger partial charge in [0.05, 0.1) is 18.4 Å². The maximum atomic E-state index is 4.36. The standard InChI is InChI=1S/C12H16N6/c1-2-11(18-9-6-15-16-18)3-8-17(7-1)12-10-13-4-5-14-12/h4-6,9-11H,1-3,7-8H2. The van der Waals surface area contributed by atoms with Gasteiger partial charge in [-0.15, -0.1) is 5.10 Å². The first-order chi connectivity index (χ1) is 8.93. The highest BCUT2D eigenvalue weighted by molar-refractivity contribution is 5.34. The van der Waals surface area contributed by atoms with E-state index < -0.39 is 0 Å². The summed E-state index contributed by atoms with van der Waals surface area (Å²) in [5, 5.41) is 7.98. The molecule has 3 heterocycles. The van der Waals surface area contributed by atoms with Gasteiger partial charge in [0.15, 0.2) is 0 Å². The van der Waals surface area contributed by atoms with E-state index >= 15 is 0 Å². The van der Waals surface area contributed by atoms with Gasteiger partial charge in [0, 0.05) is 31.7 Å². The second kappa shape index (κ2) is 5.12. The summed E-state index contributed by atoms with van der Waals surface area (Å²) in [7, 11) is 0. The van der Waals surface area contributed by atoms with Crippen LogP contribution in [0.4, 0.5) is 5.82 Å². The fourth-order valence-corrected chi connectivity index (χ4v) is 2.44. The van der Waals surface area contributed by atoms with E-state index in [1.807, 2.05) is 17.1 Å². The fourth-order valence-electron chi connectivity index (χ4n) is 2.44. The Kier molecular flexibility index (Phi) is 3.16. The van der Waals surface area contributed by atoms with Crippen LogP contribution in [0, 0.1) is 0 Å². The molecule has 0 aliphatic carbocycles. The molecule has 0 saturated carbocycles. The second-order valence-corrected chi connectivity index (χ2v) is 4.52. The van der Waals surface area contributed by atoms with E-state index in [0.717, 1.165) is 38.2 Å². The van der Waals surface area contributed by atoms with E-state index in [1.54, 1.807) is 18.6 Å². The molecule has 3 rings (SSSR count). The van der Waals surface area contributed by atoms with Crippen molar-refractivity contribution in [2.45, 2.75) is 25.3 Å². The van der Waals surface area contributed by atoms with Gasteiger partial charge in [0.25, 0.3) is 0 Å². The van der Waals surface area contributed by atoms with Crippen molar-refractivity contribution in [3.8, 4) is 0 Å². The Morgan fingerprint density at radius 1 is 1.11 bits per heavy atom. The monoisotopic (exact) mass is 244 g/mol. The lowest BCUT2D eigenvalue weighted by Gasteiger charge is -2.20. The third kappa shape index (κ3) is 2.32. The topological polar surface area (TPSA) is 59.7 Å². The van der Waals surface area contributed by atoms with Gasteiger partial charge in [0.1, 0.15) is 5.82 Å². The molecule has 0 bridgehead atoms. The number of aromatic nitrogens is 5. The predicted molar refractivity (Wildman–Crippen MR) is 67.2 cm³/mol. The van der Waals surface area contributed by atoms with Crippen LogP contribution < -0.4 is 4.90 Å². The Morgan fingerprint density at radius 3 is 2.89 bits per heavy atom. The predicted octanol–water partition coefficient (Wildman–Crippen LogP) is 1.30. The van der Waals surface area contributed by atoms with Crippen LogP contribution in [0.15, 0.2) is 31.0 Å². The van der Waals surface area contributed by atoms with Crippen molar-refractivity contribution in [2.24, 2.45) is 0 Å². The average Bonchev–Trinajstić information content (AvgIpc) is 2.84. The maximum absolute atomic E-state index is 4.36. The normalized spacial score (nSPS) is 20.7. The highest BCUT2D eigenvalue weighted by Crippen LogP contribution is 2.23. The van der Waals surface area contributed by atoms with Crippen molar-refractivity contribution < 1.29 is 0 Å². The Bertz CT molecular complexity index is 469. The lowest BCUT2D eigenvalue weighted by Crippen LogP contribution is -2.25. The smallest absolute Gasteiger partial charge is 0.147 e. The van der Waals surface area contributed by atoms with Gasteiger partial charge < -0.3 is 4.90 Å². The average molecular weight is 244 g/mol. The van der Waals surface area contributed by atoms with E-state index in [0.29, 0.717) is 6.04 Å². The van der Waals surface area contributed by atoms with Crippen molar-refractivity contribution in [3.05, 3.63) is 31.0 Å². The van der Waals surface area contributed by atoms with Gasteiger partial charge in [-0.2, -0.15) is 0 Å². The lowest BCUT2D eigenvalue weighted by atomic mass is 10.1. The van der Waals surface area contributed by atoms with Crippen LogP contribution in [0.3, 0.4) is 0 Å². The molecule has 1 saturated heterocycles. The minimum atomic E-state index is 0.453. The summed E-state index contributed by atoms with van der Waals surface area (Å²) in [6.45, 7) is 2.02. The first-order valence-corrected chi connectivity index (χ1v) is 6.30. The van der Waals surface area contributed by atoms with Crippen molar-refractivity contribution in [1.29, 1.82) is 0 Å². The molecule has 1 unspecified atom stereocenters. The molecular formula is C12H16N6. The molecule has 2 aromatic heterocycles. The van der Waals surface area contributed by atoms with Gasteiger partial charge in [-0.3, -0.25) is 4.98 Å². The minimum absolute atomic E-state index is 0.453.